The van der Waals surface area contributed by atoms with Crippen molar-refractivity contribution in [3.8, 4) is 5.75 Å². The summed E-state index contributed by atoms with van der Waals surface area (Å²) in [4.78, 5) is 0. The van der Waals surface area contributed by atoms with Crippen LogP contribution in [0.25, 0.3) is 0 Å². The summed E-state index contributed by atoms with van der Waals surface area (Å²) in [6.45, 7) is 0.539. The van der Waals surface area contributed by atoms with E-state index < -0.39 is 0 Å². The van der Waals surface area contributed by atoms with E-state index in [4.69, 9.17) is 4.74 Å². The van der Waals surface area contributed by atoms with Crippen molar-refractivity contribution in [1.82, 2.24) is 0 Å². The number of rotatable bonds is 6. The van der Waals surface area contributed by atoms with Gasteiger partial charge in [0.1, 0.15) is 12.4 Å². The third kappa shape index (κ3) is 4.45. The second-order valence-corrected chi connectivity index (χ2v) is 5.05. The second-order valence-electron chi connectivity index (χ2n) is 5.05. The molecule has 0 aliphatic rings. The van der Waals surface area contributed by atoms with Crippen LogP contribution in [-0.2, 0) is 6.61 Å². The van der Waals surface area contributed by atoms with Crippen LogP contribution in [-0.4, -0.2) is 6.21 Å². The first-order valence-electron chi connectivity index (χ1n) is 7.52. The molecule has 23 heavy (non-hydrogen) atoms. The lowest BCUT2D eigenvalue weighted by molar-refractivity contribution is 0.306. The number of hydrogen-bond donors (Lipinski definition) is 1. The summed E-state index contributed by atoms with van der Waals surface area (Å²) in [6.07, 6.45) is 1.77. The number of hydrazone groups is 1. The van der Waals surface area contributed by atoms with Gasteiger partial charge in [-0.05, 0) is 29.8 Å². The fourth-order valence-electron chi connectivity index (χ4n) is 2.14. The van der Waals surface area contributed by atoms with Crippen molar-refractivity contribution in [3.05, 3.63) is 96.1 Å². The van der Waals surface area contributed by atoms with Gasteiger partial charge in [-0.15, -0.1) is 0 Å². The van der Waals surface area contributed by atoms with Gasteiger partial charge in [0.05, 0.1) is 11.9 Å². The average molecular weight is 302 g/mol. The maximum absolute atomic E-state index is 5.91. The number of ether oxygens (including phenoxy) is 1. The van der Waals surface area contributed by atoms with E-state index in [9.17, 15) is 0 Å². The number of anilines is 1. The maximum Gasteiger partial charge on any atom is 0.128 e. The van der Waals surface area contributed by atoms with Crippen LogP contribution in [0, 0.1) is 0 Å². The minimum Gasteiger partial charge on any atom is -0.488 e. The molecule has 0 spiro atoms. The predicted octanol–water partition coefficient (Wildman–Crippen LogP) is 4.71. The average Bonchev–Trinajstić information content (AvgIpc) is 2.63. The minimum atomic E-state index is 0.539. The van der Waals surface area contributed by atoms with Crippen LogP contribution in [0.1, 0.15) is 11.1 Å². The zero-order valence-corrected chi connectivity index (χ0v) is 12.7. The largest absolute Gasteiger partial charge is 0.488 e. The van der Waals surface area contributed by atoms with E-state index in [1.165, 1.54) is 0 Å². The number of benzene rings is 3. The summed E-state index contributed by atoms with van der Waals surface area (Å²) in [5, 5.41) is 4.27. The Labute approximate surface area is 136 Å². The molecule has 0 saturated heterocycles. The smallest absolute Gasteiger partial charge is 0.128 e. The van der Waals surface area contributed by atoms with Crippen molar-refractivity contribution in [1.29, 1.82) is 0 Å². The highest BCUT2D eigenvalue weighted by Crippen LogP contribution is 2.17. The van der Waals surface area contributed by atoms with Gasteiger partial charge in [-0.2, -0.15) is 5.10 Å². The Morgan fingerprint density at radius 3 is 2.22 bits per heavy atom. The van der Waals surface area contributed by atoms with Crippen molar-refractivity contribution in [2.75, 3.05) is 5.43 Å². The zero-order chi connectivity index (χ0) is 15.7. The molecular formula is C20H18N2O. The quantitative estimate of drug-likeness (QED) is 0.528. The number of nitrogens with zero attached hydrogens (tertiary/aromatic N) is 1. The third-order valence-electron chi connectivity index (χ3n) is 3.33. The molecule has 0 amide bonds. The van der Waals surface area contributed by atoms with Gasteiger partial charge in [0.25, 0.3) is 0 Å². The molecule has 3 aromatic rings. The van der Waals surface area contributed by atoms with Crippen LogP contribution >= 0.6 is 0 Å². The molecule has 1 N–H and O–H groups in total. The van der Waals surface area contributed by atoms with Gasteiger partial charge in [-0.25, -0.2) is 0 Å². The zero-order valence-electron chi connectivity index (χ0n) is 12.7. The molecule has 0 aliphatic heterocycles. The molecule has 3 rings (SSSR count). The molecule has 0 aromatic heterocycles. The molecule has 0 unspecified atom stereocenters. The molecule has 0 heterocycles. The first-order chi connectivity index (χ1) is 11.4. The Morgan fingerprint density at radius 2 is 1.43 bits per heavy atom. The van der Waals surface area contributed by atoms with E-state index in [0.717, 1.165) is 22.6 Å². The fourth-order valence-corrected chi connectivity index (χ4v) is 2.14. The number of hydrogen-bond acceptors (Lipinski definition) is 3. The van der Waals surface area contributed by atoms with Crippen LogP contribution in [0.3, 0.4) is 0 Å². The van der Waals surface area contributed by atoms with Crippen molar-refractivity contribution in [2.45, 2.75) is 6.61 Å². The standard InChI is InChI=1S/C20H18N2O/c1-3-9-17(10-4-1)16-23-20-14-8-7-11-18(20)15-21-22-19-12-5-2-6-13-19/h1-15,22H,16H2. The lowest BCUT2D eigenvalue weighted by atomic mass is 10.2. The topological polar surface area (TPSA) is 33.6 Å². The SMILES string of the molecule is C(=NNc1ccccc1)c1ccccc1OCc1ccccc1. The highest BCUT2D eigenvalue weighted by molar-refractivity contribution is 5.83. The molecule has 0 atom stereocenters. The van der Waals surface area contributed by atoms with Gasteiger partial charge in [-0.1, -0.05) is 60.7 Å². The van der Waals surface area contributed by atoms with E-state index in [1.807, 2.05) is 84.9 Å². The summed E-state index contributed by atoms with van der Waals surface area (Å²) in [5.41, 5.74) is 6.04. The highest BCUT2D eigenvalue weighted by Gasteiger charge is 2.01. The molecule has 0 saturated carbocycles. The third-order valence-corrected chi connectivity index (χ3v) is 3.33. The Balaban J connectivity index is 1.65. The molecule has 0 aliphatic carbocycles. The summed E-state index contributed by atoms with van der Waals surface area (Å²) >= 11 is 0. The highest BCUT2D eigenvalue weighted by atomic mass is 16.5. The predicted molar refractivity (Wildman–Crippen MR) is 94.9 cm³/mol. The first kappa shape index (κ1) is 14.9. The van der Waals surface area contributed by atoms with E-state index in [0.29, 0.717) is 6.61 Å². The Kier molecular flexibility index (Phi) is 5.04. The Hall–Kier alpha value is -3.07. The van der Waals surface area contributed by atoms with Crippen LogP contribution < -0.4 is 10.2 Å². The molecule has 0 bridgehead atoms. The van der Waals surface area contributed by atoms with Crippen molar-refractivity contribution >= 4 is 11.9 Å². The lowest BCUT2D eigenvalue weighted by Crippen LogP contribution is -1.99. The molecule has 114 valence electrons. The fraction of sp³-hybridized carbons (Fsp3) is 0.0500. The Morgan fingerprint density at radius 1 is 0.783 bits per heavy atom. The van der Waals surface area contributed by atoms with Gasteiger partial charge >= 0.3 is 0 Å². The molecule has 3 heteroatoms. The summed E-state index contributed by atoms with van der Waals surface area (Å²) < 4.78 is 5.91. The van der Waals surface area contributed by atoms with E-state index in [1.54, 1.807) is 6.21 Å². The van der Waals surface area contributed by atoms with Crippen LogP contribution in [0.4, 0.5) is 5.69 Å². The van der Waals surface area contributed by atoms with E-state index >= 15 is 0 Å². The first-order valence-corrected chi connectivity index (χ1v) is 7.52. The van der Waals surface area contributed by atoms with Crippen LogP contribution in [0.2, 0.25) is 0 Å². The monoisotopic (exact) mass is 302 g/mol. The molecule has 3 nitrogen and oxygen atoms in total. The summed E-state index contributed by atoms with van der Waals surface area (Å²) in [5.74, 6) is 0.815. The van der Waals surface area contributed by atoms with Crippen molar-refractivity contribution in [2.24, 2.45) is 5.10 Å². The van der Waals surface area contributed by atoms with E-state index in [2.05, 4.69) is 10.5 Å². The number of nitrogens with one attached hydrogen (secondary N) is 1. The molecule has 0 radical (unpaired) electrons. The maximum atomic E-state index is 5.91. The van der Waals surface area contributed by atoms with E-state index in [-0.39, 0.29) is 0 Å². The minimum absolute atomic E-state index is 0.539. The van der Waals surface area contributed by atoms with Crippen LogP contribution in [0.5, 0.6) is 5.75 Å². The van der Waals surface area contributed by atoms with Gasteiger partial charge < -0.3 is 4.74 Å². The van der Waals surface area contributed by atoms with Gasteiger partial charge in [-0.3, -0.25) is 5.43 Å². The normalized spacial score (nSPS) is 10.6. The van der Waals surface area contributed by atoms with Crippen molar-refractivity contribution < 1.29 is 4.74 Å². The summed E-state index contributed by atoms with van der Waals surface area (Å²) in [6, 6.07) is 27.8. The van der Waals surface area contributed by atoms with Gasteiger partial charge in [0, 0.05) is 5.56 Å². The van der Waals surface area contributed by atoms with Crippen LogP contribution in [0.15, 0.2) is 90.0 Å². The van der Waals surface area contributed by atoms with Gasteiger partial charge in [0.2, 0.25) is 0 Å². The Bertz CT molecular complexity index is 755. The van der Waals surface area contributed by atoms with Gasteiger partial charge in [0.15, 0.2) is 0 Å². The molecule has 3 aromatic carbocycles. The summed E-state index contributed by atoms with van der Waals surface area (Å²) in [7, 11) is 0. The van der Waals surface area contributed by atoms with Crippen molar-refractivity contribution in [3.63, 3.8) is 0 Å². The number of para-hydroxylation sites is 2. The lowest BCUT2D eigenvalue weighted by Gasteiger charge is -2.09. The second kappa shape index (κ2) is 7.80. The molecule has 0 fully saturated rings. The molecular weight excluding hydrogens is 284 g/mol.